The van der Waals surface area contributed by atoms with Crippen LogP contribution in [0.4, 0.5) is 0 Å². The molecule has 5 aromatic carbocycles. The van der Waals surface area contributed by atoms with Crippen molar-refractivity contribution in [2.45, 2.75) is 66.2 Å². The number of carboxylic acids is 1. The second-order valence-corrected chi connectivity index (χ2v) is 16.4. The van der Waals surface area contributed by atoms with Gasteiger partial charge in [0.25, 0.3) is 0 Å². The second-order valence-electron chi connectivity index (χ2n) is 16.4. The molecule has 0 atom stereocenters. The van der Waals surface area contributed by atoms with E-state index in [1.54, 1.807) is 6.07 Å². The zero-order chi connectivity index (χ0) is 37.4. The number of nitrogens with zero attached hydrogens (tertiary/aromatic N) is 4. The van der Waals surface area contributed by atoms with Crippen molar-refractivity contribution >= 4 is 38.8 Å². The minimum atomic E-state index is -1.08. The number of imidazole rings is 1. The Hall–Kier alpha value is -5.32. The fourth-order valence-corrected chi connectivity index (χ4v) is 7.40. The van der Waals surface area contributed by atoms with E-state index in [9.17, 15) is 9.90 Å². The molecule has 0 aliphatic rings. The first-order valence-electron chi connectivity index (χ1n) is 18.1. The topological polar surface area (TPSA) is 82.1 Å². The van der Waals surface area contributed by atoms with Crippen molar-refractivity contribution in [2.75, 3.05) is 0 Å². The van der Waals surface area contributed by atoms with Crippen LogP contribution in [0, 0.1) is 13.8 Å². The van der Waals surface area contributed by atoms with Crippen molar-refractivity contribution in [2.24, 2.45) is 0 Å². The molecule has 8 rings (SSSR count). The van der Waals surface area contributed by atoms with Crippen molar-refractivity contribution in [1.29, 1.82) is 0 Å². The molecule has 0 amide bonds. The fraction of sp³-hybridized carbons (Fsp3) is 0.213. The van der Waals surface area contributed by atoms with Gasteiger partial charge in [0.15, 0.2) is 0 Å². The number of hydrogen-bond donors (Lipinski definition) is 1. The summed E-state index contributed by atoms with van der Waals surface area (Å²) >= 11 is 0. The molecule has 0 saturated carbocycles. The summed E-state index contributed by atoms with van der Waals surface area (Å²) in [6.45, 7) is 17.7. The molecule has 8 aromatic rings. The Morgan fingerprint density at radius 1 is 0.667 bits per heavy atom. The number of aromatic carboxylic acids is 1. The van der Waals surface area contributed by atoms with Gasteiger partial charge in [0.1, 0.15) is 11.5 Å². The number of hydrogen-bond acceptors (Lipinski definition) is 3. The van der Waals surface area contributed by atoms with E-state index in [1.165, 1.54) is 11.1 Å². The first-order valence-corrected chi connectivity index (χ1v) is 18.1. The van der Waals surface area contributed by atoms with Crippen LogP contribution >= 0.6 is 0 Å². The van der Waals surface area contributed by atoms with Gasteiger partial charge in [-0.15, -0.1) is 11.0 Å². The average molecular weight is 891 g/mol. The first kappa shape index (κ1) is 37.0. The Kier molecular flexibility index (Phi) is 9.26. The third kappa shape index (κ3) is 6.58. The zero-order valence-corrected chi connectivity index (χ0v) is 34.1. The molecule has 7 heteroatoms. The number of fused-ring (bicyclic) bond motifs is 4. The van der Waals surface area contributed by atoms with Crippen LogP contribution in [0.25, 0.3) is 72.3 Å². The van der Waals surface area contributed by atoms with Crippen LogP contribution in [0.5, 0.6) is 0 Å². The third-order valence-electron chi connectivity index (χ3n) is 10.2. The normalized spacial score (nSPS) is 12.1. The molecule has 0 aliphatic heterocycles. The summed E-state index contributed by atoms with van der Waals surface area (Å²) in [6, 6.07) is 37.2. The molecular weight excluding hydrogens is 848 g/mol. The van der Waals surface area contributed by atoms with Gasteiger partial charge in [0.05, 0.1) is 16.7 Å². The molecule has 3 heterocycles. The Bertz CT molecular complexity index is 2720. The van der Waals surface area contributed by atoms with Gasteiger partial charge in [0.2, 0.25) is 0 Å². The van der Waals surface area contributed by atoms with Gasteiger partial charge in [-0.25, -0.2) is 14.8 Å². The molecule has 0 spiro atoms. The van der Waals surface area contributed by atoms with Crippen molar-refractivity contribution in [3.8, 4) is 39.5 Å². The average Bonchev–Trinajstić information content (AvgIpc) is 3.69. The number of carbonyl (C=O) groups is 1. The van der Waals surface area contributed by atoms with E-state index in [0.717, 1.165) is 77.7 Å². The van der Waals surface area contributed by atoms with Crippen LogP contribution in [-0.4, -0.2) is 25.6 Å². The summed E-state index contributed by atoms with van der Waals surface area (Å²) in [5.41, 5.74) is 13.0. The monoisotopic (exact) mass is 890 g/mol. The molecule has 0 fully saturated rings. The summed E-state index contributed by atoms with van der Waals surface area (Å²) in [7, 11) is 0. The van der Waals surface area contributed by atoms with Gasteiger partial charge < -0.3 is 10.1 Å². The van der Waals surface area contributed by atoms with Gasteiger partial charge >= 0.3 is 5.97 Å². The molecule has 274 valence electrons. The minimum absolute atomic E-state index is 0. The summed E-state index contributed by atoms with van der Waals surface area (Å²) in [5.74, 6) is -0.312. The Labute approximate surface area is 330 Å². The van der Waals surface area contributed by atoms with E-state index in [2.05, 4.69) is 120 Å². The standard InChI is InChI=1S/C47H44N4O2.Pt/c1-27-19-28(2)21-33(20-27)51-41-16-12-15-34(39-22-30(23-40(48-39)45(52)53)29-13-10-9-11-14-29)43(41)50-44(51)37-26-32(47(6,7)8)25-36-35-24-31(46(3,4)5)17-18-38(35)49-42(36)37;/h9-26H,1-8H3,(H2,48,49,50,52,53);/p-1. The summed E-state index contributed by atoms with van der Waals surface area (Å²) in [6.07, 6.45) is 0. The third-order valence-corrected chi connectivity index (χ3v) is 10.2. The number of carboxylic acid groups (broad SMARTS) is 1. The van der Waals surface area contributed by atoms with Crippen LogP contribution in [0.1, 0.15) is 74.3 Å². The van der Waals surface area contributed by atoms with E-state index >= 15 is 0 Å². The van der Waals surface area contributed by atoms with Crippen LogP contribution in [0.2, 0.25) is 0 Å². The molecule has 3 aromatic heterocycles. The molecule has 0 radical (unpaired) electrons. The summed E-state index contributed by atoms with van der Waals surface area (Å²) < 4.78 is 2.24. The molecule has 1 N–H and O–H groups in total. The number of benzene rings is 5. The number of aromatic nitrogens is 4. The van der Waals surface area contributed by atoms with E-state index in [-0.39, 0.29) is 37.6 Å². The maximum absolute atomic E-state index is 12.4. The van der Waals surface area contributed by atoms with Crippen LogP contribution in [-0.2, 0) is 31.9 Å². The minimum Gasteiger partial charge on any atom is -0.656 e. The first-order chi connectivity index (χ1) is 25.2. The summed E-state index contributed by atoms with van der Waals surface area (Å²) in [4.78, 5) is 27.9. The van der Waals surface area contributed by atoms with Crippen molar-refractivity contribution in [3.05, 3.63) is 137 Å². The number of aryl methyl sites for hydroxylation is 2. The maximum atomic E-state index is 12.4. The quantitative estimate of drug-likeness (QED) is 0.186. The molecule has 0 saturated heterocycles. The Morgan fingerprint density at radius 2 is 1.35 bits per heavy atom. The fourth-order valence-electron chi connectivity index (χ4n) is 7.40. The van der Waals surface area contributed by atoms with Gasteiger partial charge in [-0.3, -0.25) is 4.57 Å². The molecule has 54 heavy (non-hydrogen) atoms. The van der Waals surface area contributed by atoms with Crippen LogP contribution < -0.4 is 4.98 Å². The van der Waals surface area contributed by atoms with Crippen molar-refractivity contribution in [1.82, 2.24) is 19.5 Å². The molecule has 0 bridgehead atoms. The van der Waals surface area contributed by atoms with Crippen LogP contribution in [0.3, 0.4) is 0 Å². The smallest absolute Gasteiger partial charge is 0.354 e. The van der Waals surface area contributed by atoms with Gasteiger partial charge in [-0.1, -0.05) is 114 Å². The van der Waals surface area contributed by atoms with Gasteiger partial charge in [-0.2, -0.15) is 0 Å². The van der Waals surface area contributed by atoms with Crippen molar-refractivity contribution in [3.63, 3.8) is 0 Å². The van der Waals surface area contributed by atoms with Crippen molar-refractivity contribution < 1.29 is 31.0 Å². The predicted molar refractivity (Wildman–Crippen MR) is 217 cm³/mol. The van der Waals surface area contributed by atoms with E-state index in [1.807, 2.05) is 48.5 Å². The largest absolute Gasteiger partial charge is 0.656 e. The van der Waals surface area contributed by atoms with E-state index < -0.39 is 5.97 Å². The zero-order valence-electron chi connectivity index (χ0n) is 31.9. The molecule has 0 aliphatic carbocycles. The Balaban J connectivity index is 0.00000450. The maximum Gasteiger partial charge on any atom is 0.354 e. The Morgan fingerprint density at radius 3 is 2.02 bits per heavy atom. The SMILES string of the molecule is Cc1cc(C)cc(-n2c(-c3cc(C(C)(C)C)cc4c3[n-]c3ccc(C(C)(C)C)cc34)nc3c(-c4cc(-c5ccccc5)cc(C(=O)O)n4)cccc32)c1.[Pt]. The van der Waals surface area contributed by atoms with Gasteiger partial charge in [0, 0.05) is 37.9 Å². The van der Waals surface area contributed by atoms with E-state index in [4.69, 9.17) is 9.97 Å². The van der Waals surface area contributed by atoms with Crippen LogP contribution in [0.15, 0.2) is 109 Å². The number of pyridine rings is 1. The molecular formula is C47H43N4O2Pt-. The molecule has 0 unspecified atom stereocenters. The summed E-state index contributed by atoms with van der Waals surface area (Å²) in [5, 5.41) is 12.4. The number of para-hydroxylation sites is 1. The van der Waals surface area contributed by atoms with E-state index in [0.29, 0.717) is 5.69 Å². The predicted octanol–water partition coefficient (Wildman–Crippen LogP) is 11.6. The van der Waals surface area contributed by atoms with Gasteiger partial charge in [-0.05, 0) is 105 Å². The number of rotatable bonds is 5. The second kappa shape index (κ2) is 13.5. The molecule has 6 nitrogen and oxygen atoms in total.